The number of piperidine rings is 2. The normalized spacial score (nSPS) is 26.6. The number of aliphatic hydroxyl groups excluding tert-OH is 1. The molecule has 2 fully saturated rings. The maximum atomic E-state index is 10.2. The van der Waals surface area contributed by atoms with Crippen LogP contribution in [0.1, 0.15) is 66.2 Å². The van der Waals surface area contributed by atoms with Gasteiger partial charge in [-0.15, -0.1) is 0 Å². The Kier molecular flexibility index (Phi) is 7.99. The highest BCUT2D eigenvalue weighted by molar-refractivity contribution is 4.78. The van der Waals surface area contributed by atoms with Gasteiger partial charge in [-0.05, 0) is 91.9 Å². The Hall–Kier alpha value is -0.160. The molecule has 2 aliphatic heterocycles. The summed E-state index contributed by atoms with van der Waals surface area (Å²) in [6, 6.07) is 0.789. The molecule has 0 aromatic heterocycles. The number of ether oxygens (including phenoxy) is 1. The van der Waals surface area contributed by atoms with E-state index in [2.05, 4.69) is 16.7 Å². The molecule has 2 aliphatic rings. The first-order chi connectivity index (χ1) is 11.3. The molecule has 2 saturated heterocycles. The monoisotopic (exact) mass is 340 g/mol. The van der Waals surface area contributed by atoms with Gasteiger partial charge in [0.25, 0.3) is 0 Å². The van der Waals surface area contributed by atoms with Crippen molar-refractivity contribution in [1.29, 1.82) is 0 Å². The van der Waals surface area contributed by atoms with Gasteiger partial charge in [0.2, 0.25) is 0 Å². The van der Waals surface area contributed by atoms with E-state index in [1.165, 1.54) is 51.6 Å². The van der Waals surface area contributed by atoms with Gasteiger partial charge in [-0.25, -0.2) is 0 Å². The van der Waals surface area contributed by atoms with E-state index >= 15 is 0 Å². The average Bonchev–Trinajstić information content (AvgIpc) is 2.53. The van der Waals surface area contributed by atoms with Crippen LogP contribution in [0.3, 0.4) is 0 Å². The first-order valence-electron chi connectivity index (χ1n) is 10.1. The molecule has 24 heavy (non-hydrogen) atoms. The summed E-state index contributed by atoms with van der Waals surface area (Å²) in [5.74, 6) is 0.873. The Bertz CT molecular complexity index is 348. The molecule has 0 aromatic rings. The van der Waals surface area contributed by atoms with Crippen molar-refractivity contribution in [2.75, 3.05) is 39.3 Å². The highest BCUT2D eigenvalue weighted by Gasteiger charge is 2.24. The van der Waals surface area contributed by atoms with Crippen molar-refractivity contribution in [1.82, 2.24) is 9.80 Å². The molecule has 2 atom stereocenters. The van der Waals surface area contributed by atoms with Crippen molar-refractivity contribution in [3.05, 3.63) is 0 Å². The molecule has 2 unspecified atom stereocenters. The van der Waals surface area contributed by atoms with Crippen LogP contribution >= 0.6 is 0 Å². The van der Waals surface area contributed by atoms with E-state index in [0.717, 1.165) is 31.6 Å². The number of hydrogen-bond donors (Lipinski definition) is 1. The van der Waals surface area contributed by atoms with Gasteiger partial charge in [-0.2, -0.15) is 0 Å². The summed E-state index contributed by atoms with van der Waals surface area (Å²) >= 11 is 0. The second-order valence-electron chi connectivity index (χ2n) is 8.99. The topological polar surface area (TPSA) is 35.9 Å². The average molecular weight is 341 g/mol. The van der Waals surface area contributed by atoms with Crippen molar-refractivity contribution in [3.8, 4) is 0 Å². The largest absolute Gasteiger partial charge is 0.389 e. The van der Waals surface area contributed by atoms with Gasteiger partial charge in [0, 0.05) is 12.6 Å². The Balaban J connectivity index is 1.59. The van der Waals surface area contributed by atoms with Crippen LogP contribution in [0.2, 0.25) is 0 Å². The van der Waals surface area contributed by atoms with Crippen LogP contribution < -0.4 is 0 Å². The zero-order valence-corrected chi connectivity index (χ0v) is 16.5. The number of likely N-dealkylation sites (tertiary alicyclic amines) is 2. The van der Waals surface area contributed by atoms with E-state index in [9.17, 15) is 5.11 Å². The summed E-state index contributed by atoms with van der Waals surface area (Å²) < 4.78 is 5.69. The fourth-order valence-corrected chi connectivity index (χ4v) is 3.99. The fraction of sp³-hybridized carbons (Fsp3) is 1.00. The first-order valence-corrected chi connectivity index (χ1v) is 10.1. The van der Waals surface area contributed by atoms with Gasteiger partial charge in [-0.3, -0.25) is 0 Å². The predicted molar refractivity (Wildman–Crippen MR) is 100 cm³/mol. The predicted octanol–water partition coefficient (Wildman–Crippen LogP) is 3.14. The van der Waals surface area contributed by atoms with Gasteiger partial charge in [-0.1, -0.05) is 6.42 Å². The number of hydrogen-bond acceptors (Lipinski definition) is 4. The third-order valence-corrected chi connectivity index (χ3v) is 5.65. The summed E-state index contributed by atoms with van der Waals surface area (Å²) in [6.45, 7) is 14.6. The van der Waals surface area contributed by atoms with E-state index in [4.69, 9.17) is 4.74 Å². The molecule has 4 heteroatoms. The van der Waals surface area contributed by atoms with E-state index in [1.807, 2.05) is 20.8 Å². The molecule has 2 rings (SSSR count). The molecule has 0 spiro atoms. The highest BCUT2D eigenvalue weighted by atomic mass is 16.5. The Morgan fingerprint density at radius 1 is 1.08 bits per heavy atom. The van der Waals surface area contributed by atoms with Crippen LogP contribution in [-0.2, 0) is 4.74 Å². The number of rotatable bonds is 7. The van der Waals surface area contributed by atoms with Gasteiger partial charge < -0.3 is 19.6 Å². The van der Waals surface area contributed by atoms with Crippen LogP contribution in [0.5, 0.6) is 0 Å². The third kappa shape index (κ3) is 7.38. The van der Waals surface area contributed by atoms with Crippen LogP contribution in [0, 0.1) is 5.92 Å². The zero-order valence-electron chi connectivity index (χ0n) is 16.5. The number of nitrogens with zero attached hydrogens (tertiary/aromatic N) is 2. The molecule has 0 amide bonds. The Morgan fingerprint density at radius 2 is 1.79 bits per heavy atom. The lowest BCUT2D eigenvalue weighted by Gasteiger charge is -2.37. The standard InChI is InChI=1S/C20H40N2O2/c1-17-7-5-6-11-22(17)14-10-18-8-12-21(13-9-18)15-19(23)16-24-20(2,3)4/h17-19,23H,5-16H2,1-4H3. The van der Waals surface area contributed by atoms with Crippen molar-refractivity contribution in [3.63, 3.8) is 0 Å². The number of aliphatic hydroxyl groups is 1. The zero-order chi connectivity index (χ0) is 17.6. The second kappa shape index (κ2) is 9.51. The lowest BCUT2D eigenvalue weighted by atomic mass is 9.92. The van der Waals surface area contributed by atoms with Crippen molar-refractivity contribution in [2.24, 2.45) is 5.92 Å². The summed E-state index contributed by atoms with van der Waals surface area (Å²) in [4.78, 5) is 5.11. The van der Waals surface area contributed by atoms with Crippen molar-refractivity contribution in [2.45, 2.75) is 84.0 Å². The second-order valence-corrected chi connectivity index (χ2v) is 8.99. The molecular weight excluding hydrogens is 300 g/mol. The summed E-state index contributed by atoms with van der Waals surface area (Å²) in [5, 5.41) is 10.2. The minimum absolute atomic E-state index is 0.167. The van der Waals surface area contributed by atoms with Crippen LogP contribution in [0.4, 0.5) is 0 Å². The van der Waals surface area contributed by atoms with Crippen LogP contribution in [0.25, 0.3) is 0 Å². The summed E-state index contributed by atoms with van der Waals surface area (Å²) in [6.07, 6.45) is 7.74. The minimum Gasteiger partial charge on any atom is -0.389 e. The molecule has 142 valence electrons. The van der Waals surface area contributed by atoms with Gasteiger partial charge >= 0.3 is 0 Å². The quantitative estimate of drug-likeness (QED) is 0.772. The van der Waals surface area contributed by atoms with Crippen molar-refractivity contribution >= 4 is 0 Å². The van der Waals surface area contributed by atoms with E-state index in [-0.39, 0.29) is 11.7 Å². The molecule has 1 N–H and O–H groups in total. The lowest BCUT2D eigenvalue weighted by molar-refractivity contribution is -0.0579. The SMILES string of the molecule is CC1CCCCN1CCC1CCN(CC(O)COC(C)(C)C)CC1. The molecule has 0 aliphatic carbocycles. The molecule has 0 saturated carbocycles. The van der Waals surface area contributed by atoms with Crippen LogP contribution in [0.15, 0.2) is 0 Å². The van der Waals surface area contributed by atoms with E-state index in [1.54, 1.807) is 0 Å². The molecule has 4 nitrogen and oxygen atoms in total. The maximum absolute atomic E-state index is 10.2. The highest BCUT2D eigenvalue weighted by Crippen LogP contribution is 2.23. The molecule has 0 aromatic carbocycles. The van der Waals surface area contributed by atoms with Crippen molar-refractivity contribution < 1.29 is 9.84 Å². The molecular formula is C20H40N2O2. The van der Waals surface area contributed by atoms with Gasteiger partial charge in [0.1, 0.15) is 0 Å². The number of β-amino-alcohol motifs (C(OH)–C–C–N with tert-alkyl or cyclic N) is 1. The van der Waals surface area contributed by atoms with E-state index < -0.39 is 0 Å². The maximum Gasteiger partial charge on any atom is 0.0900 e. The third-order valence-electron chi connectivity index (χ3n) is 5.65. The van der Waals surface area contributed by atoms with Gasteiger partial charge in [0.05, 0.1) is 18.3 Å². The minimum atomic E-state index is -0.366. The van der Waals surface area contributed by atoms with Gasteiger partial charge in [0.15, 0.2) is 0 Å². The Labute approximate surface area is 149 Å². The first kappa shape index (κ1) is 20.2. The molecule has 0 radical (unpaired) electrons. The molecule has 0 bridgehead atoms. The summed E-state index contributed by atoms with van der Waals surface area (Å²) in [5.41, 5.74) is -0.167. The fourth-order valence-electron chi connectivity index (χ4n) is 3.99. The van der Waals surface area contributed by atoms with E-state index in [0.29, 0.717) is 6.61 Å². The lowest BCUT2D eigenvalue weighted by Crippen LogP contribution is -2.42. The molecule has 2 heterocycles. The smallest absolute Gasteiger partial charge is 0.0900 e. The Morgan fingerprint density at radius 3 is 2.42 bits per heavy atom. The summed E-state index contributed by atoms with van der Waals surface area (Å²) in [7, 11) is 0. The van der Waals surface area contributed by atoms with Crippen LogP contribution in [-0.4, -0.2) is 72.0 Å².